The molecule has 0 aliphatic carbocycles. The van der Waals surface area contributed by atoms with Crippen molar-refractivity contribution in [3.63, 3.8) is 0 Å². The zero-order valence-electron chi connectivity index (χ0n) is 13.8. The molecule has 26 heavy (non-hydrogen) atoms. The molecule has 0 fully saturated rings. The Hall–Kier alpha value is -2.63. The second-order valence-electron chi connectivity index (χ2n) is 5.59. The molecule has 0 aliphatic heterocycles. The number of sulfonamides is 2. The smallest absolute Gasteiger partial charge is 0.408 e. The molecule has 1 aromatic heterocycles. The number of fused-ring (bicyclic) bond motifs is 1. The Labute approximate surface area is 149 Å². The fourth-order valence-corrected chi connectivity index (χ4v) is 4.19. The zero-order valence-corrected chi connectivity index (χ0v) is 15.4. The van der Waals surface area contributed by atoms with E-state index in [9.17, 15) is 21.6 Å². The molecular formula is C15H15N3O6S2. The van der Waals surface area contributed by atoms with Crippen LogP contribution in [0.3, 0.4) is 0 Å². The normalized spacial score (nSPS) is 12.6. The minimum atomic E-state index is -3.95. The molecule has 0 saturated carbocycles. The molecule has 9 nitrogen and oxygen atoms in total. The lowest BCUT2D eigenvalue weighted by molar-refractivity contribution is 0.521. The highest BCUT2D eigenvalue weighted by atomic mass is 32.2. The van der Waals surface area contributed by atoms with Crippen LogP contribution in [0.1, 0.15) is 0 Å². The zero-order chi connectivity index (χ0) is 19.1. The van der Waals surface area contributed by atoms with Gasteiger partial charge in [-0.1, -0.05) is 0 Å². The second kappa shape index (κ2) is 6.27. The summed E-state index contributed by atoms with van der Waals surface area (Å²) in [5.41, 5.74) is 0.691. The molecular weight excluding hydrogens is 382 g/mol. The van der Waals surface area contributed by atoms with Gasteiger partial charge in [-0.15, -0.1) is 0 Å². The van der Waals surface area contributed by atoms with Crippen molar-refractivity contribution < 1.29 is 21.3 Å². The van der Waals surface area contributed by atoms with Crippen molar-refractivity contribution in [2.45, 2.75) is 9.79 Å². The van der Waals surface area contributed by atoms with E-state index in [0.29, 0.717) is 5.52 Å². The Morgan fingerprint density at radius 2 is 1.58 bits per heavy atom. The Bertz CT molecular complexity index is 1220. The molecule has 2 N–H and O–H groups in total. The predicted octanol–water partition coefficient (Wildman–Crippen LogP) is 1.17. The maximum Gasteiger partial charge on any atom is 0.417 e. The summed E-state index contributed by atoms with van der Waals surface area (Å²) >= 11 is 0. The van der Waals surface area contributed by atoms with Gasteiger partial charge in [-0.3, -0.25) is 9.71 Å². The quantitative estimate of drug-likeness (QED) is 0.665. The molecule has 0 spiro atoms. The summed E-state index contributed by atoms with van der Waals surface area (Å²) in [5, 5.41) is 0. The first kappa shape index (κ1) is 18.2. The number of nitrogens with one attached hydrogen (secondary N) is 2. The lowest BCUT2D eigenvalue weighted by atomic mass is 10.3. The number of anilines is 1. The van der Waals surface area contributed by atoms with E-state index < -0.39 is 25.8 Å². The first-order chi connectivity index (χ1) is 12.1. The van der Waals surface area contributed by atoms with Crippen molar-refractivity contribution in [3.8, 4) is 0 Å². The van der Waals surface area contributed by atoms with Crippen LogP contribution in [0.2, 0.25) is 0 Å². The van der Waals surface area contributed by atoms with Gasteiger partial charge in [0.05, 0.1) is 15.3 Å². The molecule has 2 aromatic carbocycles. The fourth-order valence-electron chi connectivity index (χ4n) is 2.21. The molecule has 0 atom stereocenters. The van der Waals surface area contributed by atoms with Gasteiger partial charge < -0.3 is 4.42 Å². The highest BCUT2D eigenvalue weighted by Gasteiger charge is 2.19. The van der Waals surface area contributed by atoms with E-state index in [1.807, 2.05) is 0 Å². The monoisotopic (exact) mass is 397 g/mol. The van der Waals surface area contributed by atoms with Gasteiger partial charge in [0, 0.05) is 25.8 Å². The van der Waals surface area contributed by atoms with Crippen molar-refractivity contribution in [2.24, 2.45) is 0 Å². The standard InChI is InChI=1S/C15H15N3O6S2/c1-18(2)26(22,23)11-5-3-10(4-6-11)17-25(20,21)12-7-8-13-14(9-12)24-15(19)16-13/h3-9,17H,1-2H3,(H,16,19). The summed E-state index contributed by atoms with van der Waals surface area (Å²) in [6.45, 7) is 0. The number of aromatic nitrogens is 1. The van der Waals surface area contributed by atoms with Gasteiger partial charge in [0.25, 0.3) is 10.0 Å². The molecule has 0 amide bonds. The number of oxazole rings is 1. The summed E-state index contributed by atoms with van der Waals surface area (Å²) in [6.07, 6.45) is 0. The van der Waals surface area contributed by atoms with E-state index in [1.54, 1.807) is 0 Å². The van der Waals surface area contributed by atoms with E-state index >= 15 is 0 Å². The van der Waals surface area contributed by atoms with E-state index in [1.165, 1.54) is 56.6 Å². The Balaban J connectivity index is 1.90. The Morgan fingerprint density at radius 1 is 0.962 bits per heavy atom. The number of benzene rings is 2. The number of aromatic amines is 1. The lowest BCUT2D eigenvalue weighted by Crippen LogP contribution is -2.22. The van der Waals surface area contributed by atoms with Crippen LogP contribution >= 0.6 is 0 Å². The van der Waals surface area contributed by atoms with Crippen molar-refractivity contribution in [2.75, 3.05) is 18.8 Å². The van der Waals surface area contributed by atoms with Gasteiger partial charge in [0.15, 0.2) is 5.58 Å². The summed E-state index contributed by atoms with van der Waals surface area (Å²) in [5.74, 6) is -0.680. The number of nitrogens with zero attached hydrogens (tertiary/aromatic N) is 1. The Kier molecular flexibility index (Phi) is 4.38. The highest BCUT2D eigenvalue weighted by Crippen LogP contribution is 2.21. The third-order valence-corrected chi connectivity index (χ3v) is 6.80. The molecule has 0 unspecified atom stereocenters. The van der Waals surface area contributed by atoms with Gasteiger partial charge in [-0.2, -0.15) is 0 Å². The molecule has 11 heteroatoms. The van der Waals surface area contributed by atoms with Crippen LogP contribution < -0.4 is 10.5 Å². The minimum absolute atomic E-state index is 0.0426. The van der Waals surface area contributed by atoms with Crippen LogP contribution in [0.5, 0.6) is 0 Å². The number of rotatable bonds is 5. The summed E-state index contributed by atoms with van der Waals surface area (Å²) in [4.78, 5) is 13.5. The van der Waals surface area contributed by atoms with Crippen molar-refractivity contribution in [1.82, 2.24) is 9.29 Å². The maximum atomic E-state index is 12.5. The molecule has 138 valence electrons. The molecule has 0 aliphatic rings. The van der Waals surface area contributed by atoms with Crippen LogP contribution in [0, 0.1) is 0 Å². The number of hydrogen-bond donors (Lipinski definition) is 2. The first-order valence-corrected chi connectivity index (χ1v) is 10.2. The van der Waals surface area contributed by atoms with Crippen molar-refractivity contribution in [3.05, 3.63) is 53.0 Å². The fraction of sp³-hybridized carbons (Fsp3) is 0.133. The van der Waals surface area contributed by atoms with Crippen LogP contribution in [0.4, 0.5) is 5.69 Å². The molecule has 3 aromatic rings. The SMILES string of the molecule is CN(C)S(=O)(=O)c1ccc(NS(=O)(=O)c2ccc3[nH]c(=O)oc3c2)cc1. The molecule has 0 radical (unpaired) electrons. The third-order valence-electron chi connectivity index (χ3n) is 3.59. The summed E-state index contributed by atoms with van der Waals surface area (Å²) in [6, 6.07) is 9.28. The summed E-state index contributed by atoms with van der Waals surface area (Å²) in [7, 11) is -4.74. The molecule has 0 saturated heterocycles. The average molecular weight is 397 g/mol. The second-order valence-corrected chi connectivity index (χ2v) is 9.42. The lowest BCUT2D eigenvalue weighted by Gasteiger charge is -2.12. The topological polar surface area (TPSA) is 130 Å². The van der Waals surface area contributed by atoms with Crippen molar-refractivity contribution >= 4 is 36.8 Å². The first-order valence-electron chi connectivity index (χ1n) is 7.28. The van der Waals surface area contributed by atoms with Crippen LogP contribution in [0.15, 0.2) is 61.5 Å². The number of hydrogen-bond acceptors (Lipinski definition) is 6. The minimum Gasteiger partial charge on any atom is -0.408 e. The van der Waals surface area contributed by atoms with Gasteiger partial charge in [0.2, 0.25) is 10.0 Å². The Morgan fingerprint density at radius 3 is 2.19 bits per heavy atom. The van der Waals surface area contributed by atoms with Crippen LogP contribution in [0.25, 0.3) is 11.1 Å². The van der Waals surface area contributed by atoms with Gasteiger partial charge in [-0.05, 0) is 36.4 Å². The van der Waals surface area contributed by atoms with Crippen molar-refractivity contribution in [1.29, 1.82) is 0 Å². The maximum absolute atomic E-state index is 12.5. The van der Waals surface area contributed by atoms with E-state index in [2.05, 4.69) is 9.71 Å². The molecule has 0 bridgehead atoms. The molecule has 3 rings (SSSR count). The van der Waals surface area contributed by atoms with Crippen LogP contribution in [-0.4, -0.2) is 40.2 Å². The van der Waals surface area contributed by atoms with Gasteiger partial charge in [0.1, 0.15) is 0 Å². The van der Waals surface area contributed by atoms with E-state index in [-0.39, 0.29) is 21.1 Å². The average Bonchev–Trinajstić information content (AvgIpc) is 2.94. The highest BCUT2D eigenvalue weighted by molar-refractivity contribution is 7.92. The molecule has 1 heterocycles. The van der Waals surface area contributed by atoms with E-state index in [0.717, 1.165) is 4.31 Å². The largest absolute Gasteiger partial charge is 0.417 e. The predicted molar refractivity (Wildman–Crippen MR) is 95.0 cm³/mol. The summed E-state index contributed by atoms with van der Waals surface area (Å²) < 4.78 is 57.3. The van der Waals surface area contributed by atoms with E-state index in [4.69, 9.17) is 4.42 Å². The van der Waals surface area contributed by atoms with Gasteiger partial charge >= 0.3 is 5.76 Å². The number of H-pyrrole nitrogens is 1. The third kappa shape index (κ3) is 3.36. The van der Waals surface area contributed by atoms with Crippen LogP contribution in [-0.2, 0) is 20.0 Å². The van der Waals surface area contributed by atoms with Gasteiger partial charge in [-0.25, -0.2) is 25.9 Å².